The summed E-state index contributed by atoms with van der Waals surface area (Å²) in [6, 6.07) is 14.3. The number of aliphatic hydroxyl groups excluding tert-OH is 8. The smallest absolute Gasteiger partial charge is 0.157 e. The zero-order chi connectivity index (χ0) is 26.0. The predicted molar refractivity (Wildman–Crippen MR) is 127 cm³/mol. The van der Waals surface area contributed by atoms with Crippen LogP contribution in [-0.4, -0.2) is 115 Å². The van der Waals surface area contributed by atoms with Gasteiger partial charge in [0, 0.05) is 11.4 Å². The number of aliphatic hydroxyl groups is 8. The molecule has 12 nitrogen and oxygen atoms in total. The van der Waals surface area contributed by atoms with Gasteiger partial charge in [-0.2, -0.15) is 0 Å². The minimum absolute atomic E-state index is 0.511. The second-order valence-electron chi connectivity index (χ2n) is 8.94. The molecule has 36 heavy (non-hydrogen) atoms. The van der Waals surface area contributed by atoms with E-state index in [2.05, 4.69) is 10.6 Å². The van der Waals surface area contributed by atoms with Crippen molar-refractivity contribution in [2.24, 2.45) is 0 Å². The summed E-state index contributed by atoms with van der Waals surface area (Å²) in [5.74, 6) is 0. The van der Waals surface area contributed by atoms with Crippen molar-refractivity contribution in [1.29, 1.82) is 0 Å². The van der Waals surface area contributed by atoms with Crippen molar-refractivity contribution >= 4 is 11.4 Å². The van der Waals surface area contributed by atoms with Crippen LogP contribution in [0.1, 0.15) is 0 Å². The molecule has 2 aliphatic heterocycles. The summed E-state index contributed by atoms with van der Waals surface area (Å²) < 4.78 is 10.9. The van der Waals surface area contributed by atoms with Gasteiger partial charge in [0.15, 0.2) is 12.5 Å². The van der Waals surface area contributed by atoms with Crippen LogP contribution in [0.15, 0.2) is 48.5 Å². The highest BCUT2D eigenvalue weighted by Crippen LogP contribution is 2.28. The third-order valence-corrected chi connectivity index (χ3v) is 6.51. The first-order chi connectivity index (χ1) is 17.2. The van der Waals surface area contributed by atoms with Crippen LogP contribution in [0.5, 0.6) is 0 Å². The topological polar surface area (TPSA) is 204 Å². The predicted octanol–water partition coefficient (Wildman–Crippen LogP) is -2.22. The molecule has 0 radical (unpaired) electrons. The molecule has 198 valence electrons. The standard InChI is InChI=1S/C24H32N2O10/c27-9-15-17(29)19(31)21(33)23(35-15)25-13-5-1-11(2-6-13)12-3-7-14(8-4-12)26-24-22(34)20(32)18(30)16(10-28)36-24/h1-8,15-34H,9-10H2/t15-,16-,17+,18+,19+,20+,21+,22+,23-,24-/m0/s1. The van der Waals surface area contributed by atoms with Gasteiger partial charge in [0.2, 0.25) is 0 Å². The van der Waals surface area contributed by atoms with Crippen LogP contribution in [0.4, 0.5) is 11.4 Å². The molecular weight excluding hydrogens is 476 g/mol. The van der Waals surface area contributed by atoms with Gasteiger partial charge in [-0.15, -0.1) is 0 Å². The highest BCUT2D eigenvalue weighted by atomic mass is 16.6. The van der Waals surface area contributed by atoms with E-state index in [4.69, 9.17) is 9.47 Å². The molecular formula is C24H32N2O10. The van der Waals surface area contributed by atoms with Gasteiger partial charge in [0.25, 0.3) is 0 Å². The molecule has 2 aromatic carbocycles. The second-order valence-corrected chi connectivity index (χ2v) is 8.94. The van der Waals surface area contributed by atoms with Gasteiger partial charge in [0.05, 0.1) is 13.2 Å². The number of rotatable bonds is 7. The van der Waals surface area contributed by atoms with Gasteiger partial charge >= 0.3 is 0 Å². The summed E-state index contributed by atoms with van der Waals surface area (Å²) in [5, 5.41) is 84.6. The van der Waals surface area contributed by atoms with Crippen molar-refractivity contribution in [2.45, 2.75) is 61.3 Å². The lowest BCUT2D eigenvalue weighted by molar-refractivity contribution is -0.221. The minimum Gasteiger partial charge on any atom is -0.394 e. The summed E-state index contributed by atoms with van der Waals surface area (Å²) in [4.78, 5) is 0. The molecule has 2 saturated heterocycles. The first-order valence-corrected chi connectivity index (χ1v) is 11.6. The summed E-state index contributed by atoms with van der Waals surface area (Å²) in [6.07, 6.45) is -12.7. The molecule has 2 aromatic rings. The fourth-order valence-electron chi connectivity index (χ4n) is 4.29. The summed E-state index contributed by atoms with van der Waals surface area (Å²) >= 11 is 0. The van der Waals surface area contributed by atoms with Gasteiger partial charge < -0.3 is 61.0 Å². The van der Waals surface area contributed by atoms with Crippen LogP contribution >= 0.6 is 0 Å². The molecule has 10 atom stereocenters. The SMILES string of the molecule is OC[C@@H]1O[C@H](Nc2ccc(-c3ccc(N[C@H]4O[C@@H](CO)[C@@H](O)[C@@H](O)[C@H]4O)cc3)cc2)[C@H](O)[C@H](O)[C@@H]1O. The van der Waals surface area contributed by atoms with Gasteiger partial charge in [-0.25, -0.2) is 0 Å². The maximum atomic E-state index is 10.2. The van der Waals surface area contributed by atoms with E-state index >= 15 is 0 Å². The maximum Gasteiger partial charge on any atom is 0.157 e. The van der Waals surface area contributed by atoms with Crippen LogP contribution in [0.25, 0.3) is 11.1 Å². The Morgan fingerprint density at radius 3 is 1.14 bits per heavy atom. The Morgan fingerprint density at radius 1 is 0.500 bits per heavy atom. The summed E-state index contributed by atoms with van der Waals surface area (Å²) in [5.41, 5.74) is 2.91. The molecule has 10 N–H and O–H groups in total. The number of benzene rings is 2. The van der Waals surface area contributed by atoms with Crippen LogP contribution in [0, 0.1) is 0 Å². The first kappa shape index (κ1) is 26.7. The van der Waals surface area contributed by atoms with Gasteiger partial charge in [-0.1, -0.05) is 24.3 Å². The Bertz CT molecular complexity index is 894. The molecule has 0 saturated carbocycles. The van der Waals surface area contributed by atoms with Crippen LogP contribution < -0.4 is 10.6 Å². The summed E-state index contributed by atoms with van der Waals surface area (Å²) in [7, 11) is 0. The molecule has 0 unspecified atom stereocenters. The number of nitrogens with one attached hydrogen (secondary N) is 2. The molecule has 12 heteroatoms. The van der Waals surface area contributed by atoms with E-state index in [1.54, 1.807) is 24.3 Å². The molecule has 2 heterocycles. The van der Waals surface area contributed by atoms with Crippen LogP contribution in [0.3, 0.4) is 0 Å². The van der Waals surface area contributed by atoms with Crippen molar-refractivity contribution in [2.75, 3.05) is 23.8 Å². The lowest BCUT2D eigenvalue weighted by Gasteiger charge is -2.40. The van der Waals surface area contributed by atoms with Gasteiger partial charge in [-0.05, 0) is 35.4 Å². The molecule has 0 aromatic heterocycles. The molecule has 0 bridgehead atoms. The monoisotopic (exact) mass is 508 g/mol. The average Bonchev–Trinajstić information content (AvgIpc) is 2.90. The van der Waals surface area contributed by atoms with Crippen LogP contribution in [-0.2, 0) is 9.47 Å². The minimum atomic E-state index is -1.47. The lowest BCUT2D eigenvalue weighted by Crippen LogP contribution is -2.60. The maximum absolute atomic E-state index is 10.2. The number of anilines is 2. The van der Waals surface area contributed by atoms with Gasteiger partial charge in [0.1, 0.15) is 48.8 Å². The van der Waals surface area contributed by atoms with E-state index in [1.807, 2.05) is 24.3 Å². The number of hydrogen-bond acceptors (Lipinski definition) is 12. The van der Waals surface area contributed by atoms with E-state index in [1.165, 1.54) is 0 Å². The van der Waals surface area contributed by atoms with E-state index in [-0.39, 0.29) is 0 Å². The quantitative estimate of drug-likeness (QED) is 0.193. The Morgan fingerprint density at radius 2 is 0.833 bits per heavy atom. The van der Waals surface area contributed by atoms with Crippen molar-refractivity contribution < 1.29 is 50.3 Å². The Kier molecular flexibility index (Phi) is 8.42. The Labute approximate surface area is 207 Å². The fourth-order valence-corrected chi connectivity index (χ4v) is 4.29. The first-order valence-electron chi connectivity index (χ1n) is 11.6. The Hall–Kier alpha value is -2.36. The third-order valence-electron chi connectivity index (χ3n) is 6.51. The highest BCUT2D eigenvalue weighted by molar-refractivity contribution is 5.68. The van der Waals surface area contributed by atoms with Crippen molar-refractivity contribution in [3.8, 4) is 11.1 Å². The van der Waals surface area contributed by atoms with E-state index in [0.29, 0.717) is 11.4 Å². The third kappa shape index (κ3) is 5.48. The molecule has 0 spiro atoms. The summed E-state index contributed by atoms with van der Waals surface area (Å²) in [6.45, 7) is -1.02. The zero-order valence-corrected chi connectivity index (χ0v) is 19.2. The van der Waals surface area contributed by atoms with Crippen molar-refractivity contribution in [3.63, 3.8) is 0 Å². The van der Waals surface area contributed by atoms with Crippen molar-refractivity contribution in [1.82, 2.24) is 0 Å². The van der Waals surface area contributed by atoms with E-state index < -0.39 is 74.5 Å². The molecule has 0 amide bonds. The highest BCUT2D eigenvalue weighted by Gasteiger charge is 2.44. The van der Waals surface area contributed by atoms with Gasteiger partial charge in [-0.3, -0.25) is 0 Å². The normalized spacial score (nSPS) is 36.9. The molecule has 2 fully saturated rings. The fraction of sp³-hybridized carbons (Fsp3) is 0.500. The molecule has 2 aliphatic rings. The lowest BCUT2D eigenvalue weighted by atomic mass is 9.98. The molecule has 4 rings (SSSR count). The second kappa shape index (κ2) is 11.4. The largest absolute Gasteiger partial charge is 0.394 e. The van der Waals surface area contributed by atoms with Crippen molar-refractivity contribution in [3.05, 3.63) is 48.5 Å². The number of hydrogen-bond donors (Lipinski definition) is 10. The zero-order valence-electron chi connectivity index (χ0n) is 19.2. The molecule has 0 aliphatic carbocycles. The van der Waals surface area contributed by atoms with E-state index in [9.17, 15) is 40.9 Å². The van der Waals surface area contributed by atoms with Crippen LogP contribution in [0.2, 0.25) is 0 Å². The Balaban J connectivity index is 1.38. The average molecular weight is 509 g/mol. The van der Waals surface area contributed by atoms with E-state index in [0.717, 1.165) is 11.1 Å². The number of ether oxygens (including phenoxy) is 2.